The van der Waals surface area contributed by atoms with Crippen molar-refractivity contribution in [2.75, 3.05) is 22.1 Å². The van der Waals surface area contributed by atoms with Crippen LogP contribution in [0.15, 0.2) is 115 Å². The number of rotatable bonds is 9. The Kier molecular flexibility index (Phi) is 12.2. The third-order valence-corrected chi connectivity index (χ3v) is 9.95. The first kappa shape index (κ1) is 42.6. The van der Waals surface area contributed by atoms with Crippen molar-refractivity contribution in [1.82, 2.24) is 19.9 Å². The van der Waals surface area contributed by atoms with E-state index in [4.69, 9.17) is 33.4 Å². The Bertz CT molecular complexity index is 3230. The molecule has 2 atom stereocenters. The van der Waals surface area contributed by atoms with Gasteiger partial charge in [0.15, 0.2) is 10.9 Å². The summed E-state index contributed by atoms with van der Waals surface area (Å²) in [5.74, 6) is 0.211. The van der Waals surface area contributed by atoms with E-state index < -0.39 is 23.7 Å². The molecule has 0 saturated heterocycles. The van der Waals surface area contributed by atoms with Gasteiger partial charge in [-0.2, -0.15) is 0 Å². The van der Waals surface area contributed by atoms with E-state index in [1.807, 2.05) is 49.4 Å². The van der Waals surface area contributed by atoms with Gasteiger partial charge in [-0.3, -0.25) is 9.59 Å². The molecule has 0 aliphatic rings. The van der Waals surface area contributed by atoms with Gasteiger partial charge in [0.05, 0.1) is 47.1 Å². The molecule has 0 bridgehead atoms. The molecule has 4 heterocycles. The van der Waals surface area contributed by atoms with Gasteiger partial charge >= 0.3 is 0 Å². The smallest absolute Gasteiger partial charge is 0.268 e. The molecule has 16 heteroatoms. The highest BCUT2D eigenvalue weighted by Crippen LogP contribution is 2.37. The molecule has 0 fully saturated rings. The lowest BCUT2D eigenvalue weighted by Gasteiger charge is -2.21. The molecule has 0 radical (unpaired) electrons. The minimum atomic E-state index is -0.808. The van der Waals surface area contributed by atoms with Gasteiger partial charge in [-0.25, -0.2) is 38.4 Å². The quantitative estimate of drug-likeness (QED) is 0.100. The van der Waals surface area contributed by atoms with Crippen LogP contribution < -0.4 is 33.0 Å². The van der Waals surface area contributed by atoms with E-state index in [1.54, 1.807) is 57.2 Å². The molecule has 4 aromatic carbocycles. The van der Waals surface area contributed by atoms with Crippen molar-refractivity contribution in [3.05, 3.63) is 175 Å². The number of nitrogen functional groups attached to an aromatic ring is 2. The van der Waals surface area contributed by atoms with Gasteiger partial charge in [0, 0.05) is 17.2 Å². The van der Waals surface area contributed by atoms with Crippen LogP contribution in [0.4, 0.5) is 43.4 Å². The third-order valence-electron chi connectivity index (χ3n) is 9.95. The van der Waals surface area contributed by atoms with Crippen molar-refractivity contribution in [3.63, 3.8) is 0 Å². The Hall–Kier alpha value is -8.50. The van der Waals surface area contributed by atoms with Crippen molar-refractivity contribution in [1.29, 1.82) is 0 Å². The number of aromatic nitrogens is 4. The van der Waals surface area contributed by atoms with E-state index in [0.717, 1.165) is 23.8 Å². The summed E-state index contributed by atoms with van der Waals surface area (Å²) in [7, 11) is 0. The number of halogens is 2. The van der Waals surface area contributed by atoms with E-state index in [1.165, 1.54) is 0 Å². The topological polar surface area (TPSA) is 197 Å². The highest BCUT2D eigenvalue weighted by atomic mass is 19.1. The standard InChI is InChI=1S/C24H21N5O2.C23H17F2N5O2/c1-4-17(29-24-20(26-3)23(25)27-14(2)28-24)19-21(30)16-12-8-9-13-18(16)31-22(19)15-10-6-5-7-11-15;1-11(28-23-19(27-3)22(26)29-12(2)30-23)18-20(31)16-6-4-5-7-17(16)32-21(18)13-8-14(24)10-15(25)9-13/h5-13,17H,4H2,1-2H3,(H3,25,27,28,29);4-11H,1-2H3,(H3,26,28,29,30). The van der Waals surface area contributed by atoms with Crippen molar-refractivity contribution in [2.24, 2.45) is 0 Å². The molecule has 0 aliphatic heterocycles. The fourth-order valence-electron chi connectivity index (χ4n) is 7.14. The molecule has 2 unspecified atom stereocenters. The molecule has 0 aliphatic carbocycles. The molecule has 0 saturated carbocycles. The Morgan fingerprint density at radius 2 is 1.11 bits per heavy atom. The predicted octanol–water partition coefficient (Wildman–Crippen LogP) is 10.4. The first-order valence-electron chi connectivity index (χ1n) is 19.5. The number of hydrogen-bond donors (Lipinski definition) is 4. The lowest BCUT2D eigenvalue weighted by molar-refractivity contribution is 0.575. The zero-order valence-electron chi connectivity index (χ0n) is 34.3. The molecule has 0 spiro atoms. The number of nitrogens with one attached hydrogen (secondary N) is 2. The number of para-hydroxylation sites is 2. The summed E-state index contributed by atoms with van der Waals surface area (Å²) in [5.41, 5.74) is 13.7. The maximum atomic E-state index is 14.0. The Morgan fingerprint density at radius 3 is 1.62 bits per heavy atom. The highest BCUT2D eigenvalue weighted by Gasteiger charge is 2.26. The second-order valence-electron chi connectivity index (χ2n) is 14.3. The molecule has 63 heavy (non-hydrogen) atoms. The van der Waals surface area contributed by atoms with Crippen LogP contribution in [-0.2, 0) is 0 Å². The second kappa shape index (κ2) is 18.0. The number of benzene rings is 4. The number of nitrogens with zero attached hydrogens (tertiary/aromatic N) is 6. The number of hydrogen-bond acceptors (Lipinski definition) is 12. The van der Waals surface area contributed by atoms with E-state index in [9.17, 15) is 18.4 Å². The fraction of sp³-hybridized carbons (Fsp3) is 0.149. The largest absolute Gasteiger partial charge is 0.455 e. The van der Waals surface area contributed by atoms with Gasteiger partial charge in [0.25, 0.3) is 11.4 Å². The molecule has 6 N–H and O–H groups in total. The van der Waals surface area contributed by atoms with Crippen LogP contribution in [0.3, 0.4) is 0 Å². The molecule has 14 nitrogen and oxygen atoms in total. The van der Waals surface area contributed by atoms with Gasteiger partial charge in [-0.05, 0) is 63.6 Å². The Morgan fingerprint density at radius 1 is 0.651 bits per heavy atom. The lowest BCUT2D eigenvalue weighted by atomic mass is 9.97. The monoisotopic (exact) mass is 844 g/mol. The van der Waals surface area contributed by atoms with Gasteiger partial charge in [0.1, 0.15) is 69.2 Å². The zero-order valence-corrected chi connectivity index (χ0v) is 34.3. The average molecular weight is 845 g/mol. The van der Waals surface area contributed by atoms with Gasteiger partial charge in [-0.15, -0.1) is 0 Å². The third kappa shape index (κ3) is 8.73. The SMILES string of the molecule is [C-]#[N+]c1c(N)nc(C)nc1NC(C)c1c(-c2cc(F)cc(F)c2)oc2ccccc2c1=O.[C-]#[N+]c1c(N)nc(C)nc1NC(CC)c1c(-c2ccccc2)oc2ccccc2c1=O. The van der Waals surface area contributed by atoms with E-state index >= 15 is 0 Å². The maximum Gasteiger partial charge on any atom is 0.268 e. The molecule has 8 rings (SSSR count). The van der Waals surface area contributed by atoms with E-state index in [0.29, 0.717) is 51.6 Å². The van der Waals surface area contributed by atoms with Gasteiger partial charge < -0.3 is 30.9 Å². The van der Waals surface area contributed by atoms with Crippen LogP contribution in [-0.4, -0.2) is 19.9 Å². The first-order chi connectivity index (χ1) is 30.3. The van der Waals surface area contributed by atoms with Crippen LogP contribution in [0.1, 0.15) is 55.1 Å². The summed E-state index contributed by atoms with van der Waals surface area (Å²) < 4.78 is 40.1. The minimum Gasteiger partial charge on any atom is -0.455 e. The van der Waals surface area contributed by atoms with Crippen LogP contribution in [0.25, 0.3) is 54.3 Å². The molecule has 0 amide bonds. The van der Waals surface area contributed by atoms with Gasteiger partial charge in [0.2, 0.25) is 0 Å². The number of aryl methyl sites for hydroxylation is 2. The lowest BCUT2D eigenvalue weighted by Crippen LogP contribution is -2.21. The van der Waals surface area contributed by atoms with E-state index in [2.05, 4.69) is 40.3 Å². The number of nitrogens with two attached hydrogens (primary N) is 2. The van der Waals surface area contributed by atoms with Crippen LogP contribution in [0.5, 0.6) is 0 Å². The molecular formula is C47H38F2N10O4. The maximum absolute atomic E-state index is 14.0. The average Bonchev–Trinajstić information content (AvgIpc) is 3.25. The number of fused-ring (bicyclic) bond motifs is 2. The predicted molar refractivity (Wildman–Crippen MR) is 239 cm³/mol. The summed E-state index contributed by atoms with van der Waals surface area (Å²) >= 11 is 0. The molecular weight excluding hydrogens is 807 g/mol. The summed E-state index contributed by atoms with van der Waals surface area (Å²) in [6, 6.07) is 25.0. The second-order valence-corrected chi connectivity index (χ2v) is 14.3. The van der Waals surface area contributed by atoms with Crippen molar-refractivity contribution >= 4 is 56.6 Å². The Labute approximate surface area is 358 Å². The minimum absolute atomic E-state index is 0.000158. The van der Waals surface area contributed by atoms with Gasteiger partial charge in [-0.1, -0.05) is 61.5 Å². The summed E-state index contributed by atoms with van der Waals surface area (Å²) in [6.07, 6.45) is 0.559. The summed E-state index contributed by atoms with van der Waals surface area (Å²) in [4.78, 5) is 50.5. The summed E-state index contributed by atoms with van der Waals surface area (Å²) in [5, 5.41) is 7.08. The summed E-state index contributed by atoms with van der Waals surface area (Å²) in [6.45, 7) is 21.8. The first-order valence-corrected chi connectivity index (χ1v) is 19.5. The van der Waals surface area contributed by atoms with Crippen LogP contribution >= 0.6 is 0 Å². The molecule has 4 aromatic heterocycles. The molecule has 314 valence electrons. The normalized spacial score (nSPS) is 11.8. The fourth-order valence-corrected chi connectivity index (χ4v) is 7.14. The molecule has 8 aromatic rings. The van der Waals surface area contributed by atoms with Crippen LogP contribution in [0, 0.1) is 38.6 Å². The van der Waals surface area contributed by atoms with Crippen molar-refractivity contribution in [3.8, 4) is 22.6 Å². The van der Waals surface area contributed by atoms with Crippen molar-refractivity contribution < 1.29 is 17.6 Å². The van der Waals surface area contributed by atoms with Crippen LogP contribution in [0.2, 0.25) is 0 Å². The Balaban J connectivity index is 0.000000189. The number of anilines is 4. The highest BCUT2D eigenvalue weighted by molar-refractivity contribution is 5.83. The van der Waals surface area contributed by atoms with Crippen molar-refractivity contribution in [2.45, 2.75) is 46.2 Å². The van der Waals surface area contributed by atoms with E-state index in [-0.39, 0.29) is 62.2 Å². The zero-order chi connectivity index (χ0) is 44.9.